The number of hydrogen-bond acceptors (Lipinski definition) is 13. The summed E-state index contributed by atoms with van der Waals surface area (Å²) < 4.78 is 123. The van der Waals surface area contributed by atoms with E-state index in [0.717, 1.165) is 75.5 Å². The maximum Gasteiger partial charge on any atom is 1.00 e. The Morgan fingerprint density at radius 3 is 1.42 bits per heavy atom. The number of nitriles is 2. The molecule has 16 nitrogen and oxygen atoms in total. The van der Waals surface area contributed by atoms with Crippen molar-refractivity contribution in [2.45, 2.75) is 25.0 Å². The number of aromatic nitrogens is 6. The number of alkyl halides is 2. The maximum atomic E-state index is 13.4. The number of nitrogens with two attached hydrogens (primary N) is 1. The van der Waals surface area contributed by atoms with E-state index in [1.54, 1.807) is 18.2 Å². The Bertz CT molecular complexity index is 4040. The zero-order valence-corrected chi connectivity index (χ0v) is 58.5. The van der Waals surface area contributed by atoms with Crippen LogP contribution in [0.2, 0.25) is 0 Å². The Balaban J connectivity index is 0.000000392. The fourth-order valence-corrected chi connectivity index (χ4v) is 7.59. The fourth-order valence-electron chi connectivity index (χ4n) is 7.24. The fraction of sp³-hybridized carbons (Fsp3) is 0.0877. The minimum Gasteiger partial charge on any atom is -1.00 e. The zero-order valence-electron chi connectivity index (χ0n) is 46.4. The summed E-state index contributed by atoms with van der Waals surface area (Å²) in [5, 5.41) is 40.5. The molecule has 3 N–H and O–H groups in total. The van der Waals surface area contributed by atoms with Crippen molar-refractivity contribution in [1.82, 2.24) is 29.8 Å². The zero-order chi connectivity index (χ0) is 61.5. The van der Waals surface area contributed by atoms with Crippen LogP contribution >= 0.6 is 15.9 Å². The quantitative estimate of drug-likeness (QED) is 0.0696. The first-order valence-corrected chi connectivity index (χ1v) is 24.4. The van der Waals surface area contributed by atoms with Gasteiger partial charge in [-0.25, -0.2) is 49.6 Å². The van der Waals surface area contributed by atoms with Crippen LogP contribution in [0.4, 0.5) is 39.5 Å². The van der Waals surface area contributed by atoms with Crippen LogP contribution in [0.1, 0.15) is 41.7 Å². The van der Waals surface area contributed by atoms with Gasteiger partial charge in [0.2, 0.25) is 0 Å². The Kier molecular flexibility index (Phi) is 30.8. The van der Waals surface area contributed by atoms with E-state index < -0.39 is 59.3 Å². The molecule has 0 unspecified atom stereocenters. The molecule has 28 heteroatoms. The SMILES string of the molecule is N#Cc1cc(CBr)ccc1F.N#Cc1cc(Cn2nc(-c3cc(F)cc(F)c3)ccc2=O)ccc1F.NC1=NCc2ccc(Cn3nc(-c4cc(F)cc(F)c4)ccc3=O)cc21.O=CO[O-].O=c1ccc(-c2cc(F)cc(F)c2)n[nH]1.[2H]CF.[Cs+].[Cs+].[H-]. The number of rotatable bonds is 9. The summed E-state index contributed by atoms with van der Waals surface area (Å²) in [6.45, 7) is 0.574. The van der Waals surface area contributed by atoms with E-state index in [-0.39, 0.29) is 203 Å². The molecule has 10 rings (SSSR count). The van der Waals surface area contributed by atoms with E-state index in [9.17, 15) is 53.9 Å². The Hall–Kier alpha value is -6.21. The molecule has 1 aliphatic rings. The molecule has 0 bridgehead atoms. The summed E-state index contributed by atoms with van der Waals surface area (Å²) in [4.78, 5) is 50.3. The monoisotopic (exact) mass is 1480 g/mol. The molecule has 85 heavy (non-hydrogen) atoms. The number of carbonyl (C=O) groups is 1. The molecule has 9 aromatic rings. The van der Waals surface area contributed by atoms with E-state index >= 15 is 0 Å². The molecule has 0 spiro atoms. The van der Waals surface area contributed by atoms with Crippen LogP contribution in [0.15, 0.2) is 165 Å². The van der Waals surface area contributed by atoms with Crippen LogP contribution in [0.25, 0.3) is 33.8 Å². The van der Waals surface area contributed by atoms with Gasteiger partial charge in [-0.3, -0.25) is 28.6 Å². The van der Waals surface area contributed by atoms with Gasteiger partial charge < -0.3 is 17.3 Å². The van der Waals surface area contributed by atoms with Crippen LogP contribution in [0.5, 0.6) is 0 Å². The number of nitrogens with zero attached hydrogens (tertiary/aromatic N) is 8. The number of carbonyl (C=O) groups excluding carboxylic acids is 1. The molecule has 3 aromatic heterocycles. The molecule has 0 aliphatic carbocycles. The van der Waals surface area contributed by atoms with Gasteiger partial charge in [-0.2, -0.15) is 25.8 Å². The minimum absolute atomic E-state index is 0. The third-order valence-electron chi connectivity index (χ3n) is 10.9. The Labute approximate surface area is 605 Å². The topological polar surface area (TPSA) is 251 Å². The standard InChI is InChI=1S/C19H14F2N4O.C18H10F3N3O.C10H6F2N2O.C8H5BrFN.CH3F.CH2O3.2Cs.H/c20-14-6-13(7-15(21)8-14)17-3-4-18(26)25(24-17)10-11-1-2-12-9-23-19(22)16(12)5-11;19-14-6-12(7-15(20)8-14)17-3-4-18(25)24(23-17)10-11-1-2-16(21)13(5-11)9-22;11-7-3-6(4-8(12)5-7)9-1-2-10(15)14-13-9;9-4-6-1-2-8(10)7(3-6)5-11;1-2;2-1-4-3;;;/h1-8H,9-10H2,(H2,22,23);1-8H,10H2;1-5H,(H,14,15);1-3H,4H2;1H3;1,3H;;;/q;;;;;;2*+1;-1/p-1/i;;;;1D;;;;. The molecule has 0 atom stereocenters. The molecule has 0 amide bonds. The first kappa shape index (κ1) is 71.3. The van der Waals surface area contributed by atoms with E-state index in [1.165, 1.54) is 77.5 Å². The Morgan fingerprint density at radius 2 is 1.02 bits per heavy atom. The number of amidine groups is 1. The first-order chi connectivity index (χ1) is 40.2. The van der Waals surface area contributed by atoms with Crippen molar-refractivity contribution in [2.75, 3.05) is 7.15 Å². The number of H-pyrrole nitrogens is 1. The van der Waals surface area contributed by atoms with Crippen molar-refractivity contribution < 1.29 is 195 Å². The molecule has 6 aromatic carbocycles. The van der Waals surface area contributed by atoms with Gasteiger partial charge in [0.1, 0.15) is 64.5 Å². The summed E-state index contributed by atoms with van der Waals surface area (Å²) in [6.07, 6.45) is 0. The smallest absolute Gasteiger partial charge is 1.00 e. The minimum atomic E-state index is -1.00. The summed E-state index contributed by atoms with van der Waals surface area (Å²) in [7, 11) is -1.00. The van der Waals surface area contributed by atoms with Gasteiger partial charge in [0.25, 0.3) is 23.2 Å². The van der Waals surface area contributed by atoms with Crippen molar-refractivity contribution in [3.63, 3.8) is 0 Å². The first-order valence-electron chi connectivity index (χ1n) is 24.0. The van der Waals surface area contributed by atoms with Gasteiger partial charge in [-0.05, 0) is 107 Å². The molecular formula is C57H40BrCs2F9N10O6. The van der Waals surface area contributed by atoms with E-state index in [4.69, 9.17) is 27.7 Å². The second-order valence-corrected chi connectivity index (χ2v) is 17.1. The van der Waals surface area contributed by atoms with Gasteiger partial charge in [0.15, 0.2) is 0 Å². The Morgan fingerprint density at radius 1 is 0.635 bits per heavy atom. The molecule has 1 aliphatic heterocycles. The average Bonchev–Trinajstić information content (AvgIpc) is 4.14. The van der Waals surface area contributed by atoms with Gasteiger partial charge >= 0.3 is 138 Å². The van der Waals surface area contributed by atoms with Crippen LogP contribution in [0, 0.1) is 69.2 Å². The summed E-state index contributed by atoms with van der Waals surface area (Å²) in [6, 6.07) is 34.7. The number of aromatic amines is 1. The van der Waals surface area contributed by atoms with Crippen molar-refractivity contribution in [1.29, 1.82) is 10.5 Å². The van der Waals surface area contributed by atoms with Gasteiger partial charge in [0.05, 0.1) is 56.4 Å². The molecule has 0 radical (unpaired) electrons. The summed E-state index contributed by atoms with van der Waals surface area (Å²) >= 11 is 3.21. The largest absolute Gasteiger partial charge is 1.00 e. The summed E-state index contributed by atoms with van der Waals surface area (Å²) in [5.74, 6) is -4.92. The third kappa shape index (κ3) is 22.5. The molecular weight excluding hydrogens is 1440 g/mol. The number of nitrogens with one attached hydrogen (secondary N) is 1. The third-order valence-corrected chi connectivity index (χ3v) is 11.6. The van der Waals surface area contributed by atoms with E-state index in [1.807, 2.05) is 18.2 Å². The van der Waals surface area contributed by atoms with Gasteiger partial charge in [-0.15, -0.1) is 0 Å². The molecule has 0 saturated heterocycles. The van der Waals surface area contributed by atoms with E-state index in [2.05, 4.69) is 46.2 Å². The molecule has 0 saturated carbocycles. The average molecular weight is 1480 g/mol. The predicted octanol–water partition coefficient (Wildman–Crippen LogP) is 3.15. The van der Waals surface area contributed by atoms with Crippen molar-refractivity contribution >= 4 is 28.2 Å². The molecule has 426 valence electrons. The van der Waals surface area contributed by atoms with Crippen molar-refractivity contribution in [3.05, 3.63) is 262 Å². The number of aliphatic imine (C=N–C) groups is 1. The van der Waals surface area contributed by atoms with Crippen LogP contribution in [-0.2, 0) is 34.6 Å². The second kappa shape index (κ2) is 36.7. The van der Waals surface area contributed by atoms with Crippen LogP contribution < -0.4 is 165 Å². The number of halogens is 10. The van der Waals surface area contributed by atoms with Crippen molar-refractivity contribution in [3.8, 4) is 45.9 Å². The van der Waals surface area contributed by atoms with Crippen LogP contribution in [-0.4, -0.2) is 49.2 Å². The normalized spacial score (nSPS) is 10.5. The summed E-state index contributed by atoms with van der Waals surface area (Å²) in [5.41, 5.74) is 10.4. The molecule has 4 heterocycles. The predicted molar refractivity (Wildman–Crippen MR) is 287 cm³/mol. The van der Waals surface area contributed by atoms with Crippen LogP contribution in [0.3, 0.4) is 0 Å². The number of benzene rings is 6. The van der Waals surface area contributed by atoms with Gasteiger partial charge in [-0.1, -0.05) is 40.2 Å². The molecule has 0 fully saturated rings. The second-order valence-electron chi connectivity index (χ2n) is 16.6. The van der Waals surface area contributed by atoms with Gasteiger partial charge in [0, 0.05) is 64.0 Å². The number of hydrogen-bond donors (Lipinski definition) is 2. The maximum absolute atomic E-state index is 13.4. The number of fused-ring (bicyclic) bond motifs is 1. The van der Waals surface area contributed by atoms with E-state index in [0.29, 0.717) is 34.7 Å². The van der Waals surface area contributed by atoms with Crippen molar-refractivity contribution in [2.24, 2.45) is 10.7 Å².